The second-order valence-corrected chi connectivity index (χ2v) is 11.5. The number of carbonyl (C=O) groups excluding carboxylic acids is 4. The number of hydrogen-bond acceptors (Lipinski definition) is 7. The first kappa shape index (κ1) is 28.4. The lowest BCUT2D eigenvalue weighted by molar-refractivity contribution is 0.00333. The average molecular weight is 553 g/mol. The Morgan fingerprint density at radius 1 is 0.800 bits per heavy atom. The van der Waals surface area contributed by atoms with E-state index in [0.29, 0.717) is 16.2 Å². The first-order valence-corrected chi connectivity index (χ1v) is 12.2. The van der Waals surface area contributed by atoms with Crippen LogP contribution in [-0.2, 0) is 19.5 Å². The van der Waals surface area contributed by atoms with E-state index in [-0.39, 0.29) is 10.6 Å². The van der Waals surface area contributed by atoms with Crippen LogP contribution in [0.15, 0.2) is 24.3 Å². The fourth-order valence-electron chi connectivity index (χ4n) is 2.96. The molecule has 10 heteroatoms. The van der Waals surface area contributed by atoms with E-state index in [2.05, 4.69) is 15.9 Å². The highest BCUT2D eigenvalue weighted by Crippen LogP contribution is 2.26. The highest BCUT2D eigenvalue weighted by atomic mass is 79.9. The minimum atomic E-state index is -1.22. The van der Waals surface area contributed by atoms with Crippen molar-refractivity contribution in [2.75, 3.05) is 0 Å². The van der Waals surface area contributed by atoms with Gasteiger partial charge in [-0.15, -0.1) is 4.90 Å². The predicted octanol–water partition coefficient (Wildman–Crippen LogP) is 6.63. The van der Waals surface area contributed by atoms with Gasteiger partial charge in [-0.1, -0.05) is 28.1 Å². The molecule has 0 saturated carbocycles. The van der Waals surface area contributed by atoms with Crippen molar-refractivity contribution in [3.05, 3.63) is 35.5 Å². The summed E-state index contributed by atoms with van der Waals surface area (Å²) in [5.41, 5.74) is -1.89. The van der Waals surface area contributed by atoms with Gasteiger partial charge in [0.05, 0.1) is 5.52 Å². The number of carbonyl (C=O) groups is 4. The van der Waals surface area contributed by atoms with Crippen molar-refractivity contribution in [2.24, 2.45) is 0 Å². The van der Waals surface area contributed by atoms with E-state index in [1.807, 2.05) is 6.07 Å². The van der Waals surface area contributed by atoms with Crippen LogP contribution in [0.5, 0.6) is 0 Å². The summed E-state index contributed by atoms with van der Waals surface area (Å²) in [6.07, 6.45) is -3.28. The fourth-order valence-corrected chi connectivity index (χ4v) is 3.31. The molecular weight excluding hydrogens is 520 g/mol. The number of rotatable bonds is 2. The molecule has 0 fully saturated rings. The zero-order valence-electron chi connectivity index (χ0n) is 21.6. The molecule has 2 aromatic rings. The number of hydrogen-bond donors (Lipinski definition) is 0. The average Bonchev–Trinajstić information content (AvgIpc) is 3.02. The summed E-state index contributed by atoms with van der Waals surface area (Å²) < 4.78 is 17.2. The Balaban J connectivity index is 2.72. The van der Waals surface area contributed by atoms with Gasteiger partial charge in [0.2, 0.25) is 0 Å². The van der Waals surface area contributed by atoms with Gasteiger partial charge in [-0.05, 0) is 80.0 Å². The summed E-state index contributed by atoms with van der Waals surface area (Å²) in [5.74, 6) is -1.09. The number of imide groups is 3. The van der Waals surface area contributed by atoms with Gasteiger partial charge >= 0.3 is 18.3 Å². The van der Waals surface area contributed by atoms with Gasteiger partial charge in [-0.3, -0.25) is 4.79 Å². The third-order valence-electron chi connectivity index (χ3n) is 4.17. The largest absolute Gasteiger partial charge is 0.443 e. The Bertz CT molecular complexity index is 1120. The van der Waals surface area contributed by atoms with Crippen molar-refractivity contribution in [1.29, 1.82) is 0 Å². The van der Waals surface area contributed by atoms with Crippen LogP contribution in [-0.4, -0.2) is 50.5 Å². The number of alkyl halides is 1. The van der Waals surface area contributed by atoms with Crippen molar-refractivity contribution in [3.8, 4) is 0 Å². The Hall–Kier alpha value is -2.88. The lowest BCUT2D eigenvalue weighted by Crippen LogP contribution is -2.47. The normalized spacial score (nSPS) is 12.3. The highest BCUT2D eigenvalue weighted by Gasteiger charge is 2.39. The predicted molar refractivity (Wildman–Crippen MR) is 135 cm³/mol. The van der Waals surface area contributed by atoms with Crippen LogP contribution in [0, 0.1) is 0 Å². The summed E-state index contributed by atoms with van der Waals surface area (Å²) >= 11 is 3.38. The summed E-state index contributed by atoms with van der Waals surface area (Å²) in [7, 11) is 0. The van der Waals surface area contributed by atoms with E-state index in [9.17, 15) is 19.2 Å². The molecule has 3 amide bonds. The topological polar surface area (TPSA) is 104 Å². The van der Waals surface area contributed by atoms with Gasteiger partial charge in [0.1, 0.15) is 22.5 Å². The van der Waals surface area contributed by atoms with Crippen LogP contribution in [0.1, 0.15) is 78.4 Å². The molecule has 1 heterocycles. The third-order valence-corrected chi connectivity index (χ3v) is 4.82. The molecule has 0 N–H and O–H groups in total. The summed E-state index contributed by atoms with van der Waals surface area (Å²) in [5, 5.41) is 1.05. The van der Waals surface area contributed by atoms with Gasteiger partial charge in [0, 0.05) is 10.7 Å². The fraction of sp³-hybridized carbons (Fsp3) is 0.520. The van der Waals surface area contributed by atoms with Crippen LogP contribution in [0.4, 0.5) is 14.4 Å². The molecule has 2 rings (SSSR count). The molecule has 0 aliphatic carbocycles. The first-order valence-electron chi connectivity index (χ1n) is 11.1. The molecular formula is C25H33BrN2O7. The van der Waals surface area contributed by atoms with E-state index in [1.54, 1.807) is 74.4 Å². The van der Waals surface area contributed by atoms with E-state index in [1.165, 1.54) is 6.07 Å². The molecule has 1 aromatic heterocycles. The van der Waals surface area contributed by atoms with Crippen LogP contribution >= 0.6 is 15.9 Å². The molecule has 1 aromatic carbocycles. The SMILES string of the molecule is CC(C)(C)OC(=O)N(C(=O)OC(C)(C)C)C(=O)c1cc2ccc(CBr)cc2n1C(=O)OC(C)(C)C. The Morgan fingerprint density at radius 3 is 1.71 bits per heavy atom. The maximum atomic E-state index is 13.7. The third kappa shape index (κ3) is 7.55. The molecule has 35 heavy (non-hydrogen) atoms. The minimum absolute atomic E-state index is 0.252. The number of fused-ring (bicyclic) bond motifs is 1. The smallest absolute Gasteiger partial charge is 0.427 e. The van der Waals surface area contributed by atoms with Gasteiger partial charge in [-0.25, -0.2) is 19.0 Å². The van der Waals surface area contributed by atoms with Gasteiger partial charge < -0.3 is 14.2 Å². The van der Waals surface area contributed by atoms with Gasteiger partial charge in [-0.2, -0.15) is 0 Å². The molecule has 0 radical (unpaired) electrons. The second kappa shape index (κ2) is 10.0. The quantitative estimate of drug-likeness (QED) is 0.304. The molecule has 0 aliphatic rings. The molecule has 0 atom stereocenters. The van der Waals surface area contributed by atoms with Crippen molar-refractivity contribution in [3.63, 3.8) is 0 Å². The minimum Gasteiger partial charge on any atom is -0.443 e. The van der Waals surface area contributed by atoms with E-state index >= 15 is 0 Å². The van der Waals surface area contributed by atoms with E-state index in [4.69, 9.17) is 14.2 Å². The number of benzene rings is 1. The van der Waals surface area contributed by atoms with Gasteiger partial charge in [0.25, 0.3) is 5.91 Å². The van der Waals surface area contributed by atoms with Gasteiger partial charge in [0.15, 0.2) is 0 Å². The van der Waals surface area contributed by atoms with Crippen molar-refractivity contribution in [1.82, 2.24) is 9.47 Å². The highest BCUT2D eigenvalue weighted by molar-refractivity contribution is 9.08. The molecule has 0 saturated heterocycles. The van der Waals surface area contributed by atoms with Crippen LogP contribution < -0.4 is 0 Å². The number of amides is 3. The zero-order chi connectivity index (χ0) is 26.9. The van der Waals surface area contributed by atoms with E-state index < -0.39 is 41.0 Å². The monoisotopic (exact) mass is 552 g/mol. The molecule has 0 aliphatic heterocycles. The standard InChI is InChI=1S/C25H33BrN2O7/c1-23(2,3)33-20(30)27-17-12-15(14-26)10-11-16(17)13-18(27)19(29)28(21(31)34-24(4,5)6)22(32)35-25(7,8)9/h10-13H,14H2,1-9H3. The lowest BCUT2D eigenvalue weighted by atomic mass is 10.2. The second-order valence-electron chi connectivity index (χ2n) is 11.0. The summed E-state index contributed by atoms with van der Waals surface area (Å²) in [4.78, 5) is 53.1. The van der Waals surface area contributed by atoms with Crippen LogP contribution in [0.3, 0.4) is 0 Å². The zero-order valence-corrected chi connectivity index (χ0v) is 23.2. The Labute approximate surface area is 213 Å². The molecule has 0 unspecified atom stereocenters. The maximum Gasteiger partial charge on any atom is 0.427 e. The van der Waals surface area contributed by atoms with Crippen LogP contribution in [0.2, 0.25) is 0 Å². The molecule has 9 nitrogen and oxygen atoms in total. The van der Waals surface area contributed by atoms with E-state index in [0.717, 1.165) is 10.1 Å². The van der Waals surface area contributed by atoms with Crippen molar-refractivity contribution < 1.29 is 33.4 Å². The first-order chi connectivity index (χ1) is 15.8. The number of ether oxygens (including phenoxy) is 3. The van der Waals surface area contributed by atoms with Crippen molar-refractivity contribution in [2.45, 2.75) is 84.4 Å². The summed E-state index contributed by atoms with van der Waals surface area (Å²) in [6, 6.07) is 6.69. The summed E-state index contributed by atoms with van der Waals surface area (Å²) in [6.45, 7) is 14.7. The number of aromatic nitrogens is 1. The molecule has 192 valence electrons. The van der Waals surface area contributed by atoms with Crippen molar-refractivity contribution >= 4 is 51.0 Å². The molecule has 0 spiro atoms. The number of nitrogens with zero attached hydrogens (tertiary/aromatic N) is 2. The maximum absolute atomic E-state index is 13.7. The Kier molecular flexibility index (Phi) is 8.11. The number of halogens is 1. The lowest BCUT2D eigenvalue weighted by Gasteiger charge is -2.28. The Morgan fingerprint density at radius 2 is 1.29 bits per heavy atom. The van der Waals surface area contributed by atoms with Crippen LogP contribution in [0.25, 0.3) is 10.9 Å². The molecule has 0 bridgehead atoms.